The van der Waals surface area contributed by atoms with Gasteiger partial charge in [-0.3, -0.25) is 9.59 Å². The summed E-state index contributed by atoms with van der Waals surface area (Å²) < 4.78 is 19.2. The summed E-state index contributed by atoms with van der Waals surface area (Å²) in [5.41, 5.74) is 0.717. The number of β-lactam (4-membered cyclic amide) rings is 1. The minimum Gasteiger partial charge on any atom is -0.478 e. The van der Waals surface area contributed by atoms with Gasteiger partial charge in [0.25, 0.3) is 5.91 Å². The molecule has 1 heterocycles. The van der Waals surface area contributed by atoms with Crippen molar-refractivity contribution in [1.29, 1.82) is 0 Å². The van der Waals surface area contributed by atoms with Crippen molar-refractivity contribution in [2.24, 2.45) is 0 Å². The molecule has 6 heteroatoms. The Morgan fingerprint density at radius 2 is 1.77 bits per heavy atom. The lowest BCUT2D eigenvalue weighted by Crippen LogP contribution is -2.77. The van der Waals surface area contributed by atoms with E-state index < -0.39 is 11.6 Å². The molecule has 2 aliphatic rings. The van der Waals surface area contributed by atoms with E-state index in [1.54, 1.807) is 4.90 Å². The predicted octanol–water partition coefficient (Wildman–Crippen LogP) is 3.48. The van der Waals surface area contributed by atoms with Crippen molar-refractivity contribution in [3.63, 3.8) is 0 Å². The van der Waals surface area contributed by atoms with Gasteiger partial charge in [0.1, 0.15) is 18.1 Å². The molecule has 2 aromatic rings. The molecule has 1 spiro atoms. The molecule has 2 fully saturated rings. The van der Waals surface area contributed by atoms with Crippen LogP contribution in [0.25, 0.3) is 0 Å². The molecule has 1 aliphatic heterocycles. The smallest absolute Gasteiger partial charge is 0.267 e. The summed E-state index contributed by atoms with van der Waals surface area (Å²) in [6, 6.07) is 15.7. The average molecular weight is 410 g/mol. The standard InChI is InChI=1S/C24H27FN2O3/c25-19-9-11-20(12-10-19)30-22-23(29)27(24(22)14-5-2-6-15-24)17-21(28)26-16-13-18-7-3-1-4-8-18/h1,3-4,7-12,22H,2,5-6,13-17H2,(H,26,28). The number of nitrogens with one attached hydrogen (secondary N) is 1. The summed E-state index contributed by atoms with van der Waals surface area (Å²) in [7, 11) is 0. The van der Waals surface area contributed by atoms with Gasteiger partial charge in [-0.05, 0) is 49.1 Å². The van der Waals surface area contributed by atoms with Crippen molar-refractivity contribution in [3.8, 4) is 5.75 Å². The van der Waals surface area contributed by atoms with E-state index in [1.165, 1.54) is 24.3 Å². The summed E-state index contributed by atoms with van der Waals surface area (Å²) in [5.74, 6) is -0.181. The van der Waals surface area contributed by atoms with Crippen LogP contribution in [-0.4, -0.2) is 41.4 Å². The van der Waals surface area contributed by atoms with E-state index in [0.29, 0.717) is 12.3 Å². The van der Waals surface area contributed by atoms with Gasteiger partial charge >= 0.3 is 0 Å². The first-order valence-electron chi connectivity index (χ1n) is 10.6. The van der Waals surface area contributed by atoms with Gasteiger partial charge in [-0.25, -0.2) is 4.39 Å². The van der Waals surface area contributed by atoms with E-state index in [-0.39, 0.29) is 24.2 Å². The molecule has 30 heavy (non-hydrogen) atoms. The Kier molecular flexibility index (Phi) is 6.02. The molecular formula is C24H27FN2O3. The largest absolute Gasteiger partial charge is 0.478 e. The number of hydrogen-bond acceptors (Lipinski definition) is 3. The highest BCUT2D eigenvalue weighted by Crippen LogP contribution is 2.45. The average Bonchev–Trinajstić information content (AvgIpc) is 2.78. The van der Waals surface area contributed by atoms with Crippen LogP contribution in [0.1, 0.15) is 37.7 Å². The maximum Gasteiger partial charge on any atom is 0.267 e. The summed E-state index contributed by atoms with van der Waals surface area (Å²) in [6.45, 7) is 0.588. The van der Waals surface area contributed by atoms with E-state index in [9.17, 15) is 14.0 Å². The van der Waals surface area contributed by atoms with Gasteiger partial charge in [0.15, 0.2) is 6.10 Å². The van der Waals surface area contributed by atoms with E-state index in [4.69, 9.17) is 4.74 Å². The highest BCUT2D eigenvalue weighted by molar-refractivity contribution is 5.94. The molecule has 2 amide bonds. The van der Waals surface area contributed by atoms with Crippen LogP contribution in [0, 0.1) is 5.82 Å². The zero-order chi connectivity index (χ0) is 21.0. The number of hydrogen-bond donors (Lipinski definition) is 1. The maximum absolute atomic E-state index is 13.2. The Morgan fingerprint density at radius 3 is 2.47 bits per heavy atom. The molecule has 1 unspecified atom stereocenters. The Hall–Kier alpha value is -2.89. The van der Waals surface area contributed by atoms with E-state index >= 15 is 0 Å². The van der Waals surface area contributed by atoms with E-state index in [1.807, 2.05) is 30.3 Å². The number of benzene rings is 2. The minimum absolute atomic E-state index is 0.0525. The lowest BCUT2D eigenvalue weighted by molar-refractivity contribution is -0.187. The summed E-state index contributed by atoms with van der Waals surface area (Å²) in [4.78, 5) is 27.1. The second-order valence-corrected chi connectivity index (χ2v) is 8.13. The number of amides is 2. The minimum atomic E-state index is -0.611. The Bertz CT molecular complexity index is 879. The van der Waals surface area contributed by atoms with Crippen LogP contribution in [0.5, 0.6) is 5.75 Å². The molecule has 0 bridgehead atoms. The molecule has 1 atom stereocenters. The van der Waals surface area contributed by atoms with Crippen LogP contribution in [0.15, 0.2) is 54.6 Å². The normalized spacial score (nSPS) is 20.0. The molecule has 1 N–H and O–H groups in total. The van der Waals surface area contributed by atoms with Gasteiger partial charge in [0, 0.05) is 6.54 Å². The third-order valence-electron chi connectivity index (χ3n) is 6.18. The van der Waals surface area contributed by atoms with Gasteiger partial charge in [-0.1, -0.05) is 49.6 Å². The van der Waals surface area contributed by atoms with E-state index in [0.717, 1.165) is 44.1 Å². The number of nitrogens with zero attached hydrogens (tertiary/aromatic N) is 1. The Labute approximate surface area is 176 Å². The second kappa shape index (κ2) is 8.86. The van der Waals surface area contributed by atoms with Gasteiger partial charge < -0.3 is 15.0 Å². The fraction of sp³-hybridized carbons (Fsp3) is 0.417. The topological polar surface area (TPSA) is 58.6 Å². The monoisotopic (exact) mass is 410 g/mol. The first-order valence-corrected chi connectivity index (χ1v) is 10.6. The molecule has 0 aromatic heterocycles. The van der Waals surface area contributed by atoms with Gasteiger partial charge in [-0.2, -0.15) is 0 Å². The Balaban J connectivity index is 1.37. The number of carbonyl (C=O) groups is 2. The van der Waals surface area contributed by atoms with Crippen LogP contribution in [0.3, 0.4) is 0 Å². The first kappa shape index (κ1) is 20.4. The molecule has 0 radical (unpaired) electrons. The number of likely N-dealkylation sites (tertiary alicyclic amines) is 1. The molecular weight excluding hydrogens is 383 g/mol. The molecule has 1 saturated carbocycles. The van der Waals surface area contributed by atoms with Crippen LogP contribution in [0.4, 0.5) is 4.39 Å². The summed E-state index contributed by atoms with van der Waals surface area (Å²) in [6.07, 6.45) is 4.91. The second-order valence-electron chi connectivity index (χ2n) is 8.13. The SMILES string of the molecule is O=C(CN1C(=O)C(Oc2ccc(F)cc2)C12CCCCC2)NCCc1ccccc1. The fourth-order valence-electron chi connectivity index (χ4n) is 4.60. The van der Waals surface area contributed by atoms with Crippen molar-refractivity contribution in [2.75, 3.05) is 13.1 Å². The number of ether oxygens (including phenoxy) is 1. The lowest BCUT2D eigenvalue weighted by Gasteiger charge is -2.58. The van der Waals surface area contributed by atoms with E-state index in [2.05, 4.69) is 5.32 Å². The van der Waals surface area contributed by atoms with Gasteiger partial charge in [0.05, 0.1) is 5.54 Å². The first-order chi connectivity index (χ1) is 14.6. The molecule has 5 nitrogen and oxygen atoms in total. The fourth-order valence-corrected chi connectivity index (χ4v) is 4.60. The quantitative estimate of drug-likeness (QED) is 0.711. The van der Waals surface area contributed by atoms with Crippen molar-refractivity contribution >= 4 is 11.8 Å². The molecule has 1 saturated heterocycles. The molecule has 2 aromatic carbocycles. The molecule has 4 rings (SSSR count). The zero-order valence-corrected chi connectivity index (χ0v) is 17.0. The number of halogens is 1. The highest BCUT2D eigenvalue weighted by atomic mass is 19.1. The van der Waals surface area contributed by atoms with Crippen LogP contribution >= 0.6 is 0 Å². The zero-order valence-electron chi connectivity index (χ0n) is 17.0. The van der Waals surface area contributed by atoms with Gasteiger partial charge in [0.2, 0.25) is 5.91 Å². The third-order valence-corrected chi connectivity index (χ3v) is 6.18. The lowest BCUT2D eigenvalue weighted by atomic mass is 9.70. The van der Waals surface area contributed by atoms with Crippen molar-refractivity contribution in [3.05, 3.63) is 66.0 Å². The van der Waals surface area contributed by atoms with Crippen LogP contribution in [0.2, 0.25) is 0 Å². The maximum atomic E-state index is 13.2. The van der Waals surface area contributed by atoms with Crippen molar-refractivity contribution in [1.82, 2.24) is 10.2 Å². The molecule has 1 aliphatic carbocycles. The van der Waals surface area contributed by atoms with Gasteiger partial charge in [-0.15, -0.1) is 0 Å². The van der Waals surface area contributed by atoms with Crippen molar-refractivity contribution < 1.29 is 18.7 Å². The molecule has 158 valence electrons. The number of carbonyl (C=O) groups excluding carboxylic acids is 2. The number of rotatable bonds is 7. The predicted molar refractivity (Wildman–Crippen MR) is 112 cm³/mol. The third kappa shape index (κ3) is 4.18. The van der Waals surface area contributed by atoms with Crippen molar-refractivity contribution in [2.45, 2.75) is 50.2 Å². The Morgan fingerprint density at radius 1 is 1.07 bits per heavy atom. The summed E-state index contributed by atoms with van der Waals surface area (Å²) in [5, 5.41) is 2.93. The van der Waals surface area contributed by atoms with Crippen LogP contribution < -0.4 is 10.1 Å². The summed E-state index contributed by atoms with van der Waals surface area (Å²) >= 11 is 0. The van der Waals surface area contributed by atoms with Crippen LogP contribution in [-0.2, 0) is 16.0 Å². The highest BCUT2D eigenvalue weighted by Gasteiger charge is 2.62.